The Hall–Kier alpha value is -1.66. The molecule has 0 unspecified atom stereocenters. The molecule has 0 fully saturated rings. The summed E-state index contributed by atoms with van der Waals surface area (Å²) in [5.41, 5.74) is 1.31. The molecule has 0 aliphatic carbocycles. The molecule has 102 valence electrons. The first-order chi connectivity index (χ1) is 9.50. The molecule has 0 amide bonds. The van der Waals surface area contributed by atoms with Gasteiger partial charge in [-0.2, -0.15) is 0 Å². The van der Waals surface area contributed by atoms with Crippen molar-refractivity contribution in [3.05, 3.63) is 58.8 Å². The zero-order valence-corrected chi connectivity index (χ0v) is 13.0. The highest BCUT2D eigenvalue weighted by Gasteiger charge is 2.20. The van der Waals surface area contributed by atoms with Crippen LogP contribution in [0.15, 0.2) is 58.2 Å². The van der Waals surface area contributed by atoms with Crippen molar-refractivity contribution >= 4 is 37.0 Å². The summed E-state index contributed by atoms with van der Waals surface area (Å²) < 4.78 is 27.4. The maximum atomic E-state index is 12.7. The Labute approximate surface area is 125 Å². The lowest BCUT2D eigenvalue weighted by Gasteiger charge is -2.06. The van der Waals surface area contributed by atoms with Gasteiger partial charge in [-0.15, -0.1) is 0 Å². The van der Waals surface area contributed by atoms with Gasteiger partial charge in [0.1, 0.15) is 0 Å². The van der Waals surface area contributed by atoms with Crippen LogP contribution in [0, 0.1) is 6.92 Å². The first-order valence-corrected chi connectivity index (χ1v) is 8.17. The van der Waals surface area contributed by atoms with Crippen LogP contribution in [0.25, 0.3) is 11.0 Å². The number of nitrogens with zero attached hydrogens (tertiary/aromatic N) is 2. The molecule has 0 saturated carbocycles. The van der Waals surface area contributed by atoms with Gasteiger partial charge in [0.2, 0.25) is 0 Å². The van der Waals surface area contributed by atoms with Gasteiger partial charge >= 0.3 is 0 Å². The minimum atomic E-state index is -3.62. The number of aromatic nitrogens is 2. The molecular weight excluding hydrogens is 340 g/mol. The van der Waals surface area contributed by atoms with Crippen molar-refractivity contribution in [2.45, 2.75) is 11.8 Å². The molecule has 0 aliphatic heterocycles. The van der Waals surface area contributed by atoms with Gasteiger partial charge in [-0.05, 0) is 46.6 Å². The largest absolute Gasteiger partial charge is 0.269 e. The molecule has 0 atom stereocenters. The third-order valence-electron chi connectivity index (χ3n) is 3.08. The Bertz CT molecular complexity index is 886. The minimum absolute atomic E-state index is 0.251. The predicted molar refractivity (Wildman–Crippen MR) is 81.2 cm³/mol. The number of hydrogen-bond acceptors (Lipinski definition) is 3. The van der Waals surface area contributed by atoms with Crippen molar-refractivity contribution in [2.75, 3.05) is 0 Å². The number of pyridine rings is 1. The Morgan fingerprint density at radius 2 is 1.90 bits per heavy atom. The van der Waals surface area contributed by atoms with E-state index in [0.29, 0.717) is 5.65 Å². The average molecular weight is 351 g/mol. The molecule has 0 radical (unpaired) electrons. The Kier molecular flexibility index (Phi) is 3.14. The van der Waals surface area contributed by atoms with Gasteiger partial charge < -0.3 is 0 Å². The van der Waals surface area contributed by atoms with E-state index in [0.717, 1.165) is 15.4 Å². The Morgan fingerprint density at radius 1 is 1.20 bits per heavy atom. The molecule has 0 N–H and O–H groups in total. The molecule has 3 rings (SSSR count). The molecule has 3 aromatic rings. The van der Waals surface area contributed by atoms with E-state index in [1.54, 1.807) is 42.7 Å². The van der Waals surface area contributed by atoms with Crippen LogP contribution in [0.4, 0.5) is 0 Å². The fourth-order valence-corrected chi connectivity index (χ4v) is 3.82. The fraction of sp³-hybridized carbons (Fsp3) is 0.0714. The zero-order valence-electron chi connectivity index (χ0n) is 10.6. The third-order valence-corrected chi connectivity index (χ3v) is 5.18. The van der Waals surface area contributed by atoms with Gasteiger partial charge in [-0.1, -0.05) is 18.2 Å². The molecular formula is C14H11BrN2O2S. The summed E-state index contributed by atoms with van der Waals surface area (Å²) in [6.45, 7) is 1.87. The number of benzene rings is 1. The van der Waals surface area contributed by atoms with Gasteiger partial charge in [0, 0.05) is 22.3 Å². The van der Waals surface area contributed by atoms with Crippen LogP contribution in [0.2, 0.25) is 0 Å². The average Bonchev–Trinajstić information content (AvgIpc) is 2.77. The molecule has 0 bridgehead atoms. The summed E-state index contributed by atoms with van der Waals surface area (Å²) in [4.78, 5) is 4.48. The topological polar surface area (TPSA) is 52.0 Å². The lowest BCUT2D eigenvalue weighted by Crippen LogP contribution is -2.12. The standard InChI is InChI=1S/C14H11BrN2O2S/c1-10-9-17(14-13(10)7-11(15)8-16-14)20(18,19)12-5-3-2-4-6-12/h2-9H,1H3. The van der Waals surface area contributed by atoms with Crippen LogP contribution in [-0.2, 0) is 10.0 Å². The molecule has 0 aliphatic rings. The fourth-order valence-electron chi connectivity index (χ4n) is 2.09. The molecule has 0 spiro atoms. The van der Waals surface area contributed by atoms with Crippen LogP contribution in [0.3, 0.4) is 0 Å². The minimum Gasteiger partial charge on any atom is -0.236 e. The van der Waals surface area contributed by atoms with Crippen LogP contribution >= 0.6 is 15.9 Å². The molecule has 6 heteroatoms. The van der Waals surface area contributed by atoms with E-state index in [9.17, 15) is 8.42 Å². The van der Waals surface area contributed by atoms with Crippen LogP contribution in [0.5, 0.6) is 0 Å². The number of halogens is 1. The molecule has 20 heavy (non-hydrogen) atoms. The summed E-state index contributed by atoms with van der Waals surface area (Å²) in [6, 6.07) is 10.2. The summed E-state index contributed by atoms with van der Waals surface area (Å²) in [7, 11) is -3.62. The van der Waals surface area contributed by atoms with E-state index < -0.39 is 10.0 Å². The zero-order chi connectivity index (χ0) is 14.3. The van der Waals surface area contributed by atoms with Crippen molar-refractivity contribution in [2.24, 2.45) is 0 Å². The monoisotopic (exact) mass is 350 g/mol. The molecule has 4 nitrogen and oxygen atoms in total. The van der Waals surface area contributed by atoms with Gasteiger partial charge in [-0.25, -0.2) is 17.4 Å². The summed E-state index contributed by atoms with van der Waals surface area (Å²) in [5.74, 6) is 0. The maximum absolute atomic E-state index is 12.7. The normalized spacial score (nSPS) is 11.9. The summed E-state index contributed by atoms with van der Waals surface area (Å²) in [5, 5.41) is 0.818. The van der Waals surface area contributed by atoms with Gasteiger partial charge in [0.05, 0.1) is 4.90 Å². The quantitative estimate of drug-likeness (QED) is 0.712. The van der Waals surface area contributed by atoms with E-state index in [-0.39, 0.29) is 4.90 Å². The van der Waals surface area contributed by atoms with E-state index in [1.807, 2.05) is 13.0 Å². The van der Waals surface area contributed by atoms with Gasteiger partial charge in [-0.3, -0.25) is 0 Å². The highest BCUT2D eigenvalue weighted by atomic mass is 79.9. The molecule has 0 saturated heterocycles. The Morgan fingerprint density at radius 3 is 2.60 bits per heavy atom. The van der Waals surface area contributed by atoms with Gasteiger partial charge in [0.25, 0.3) is 10.0 Å². The van der Waals surface area contributed by atoms with Crippen LogP contribution in [-0.4, -0.2) is 17.4 Å². The van der Waals surface area contributed by atoms with E-state index in [2.05, 4.69) is 20.9 Å². The lowest BCUT2D eigenvalue weighted by molar-refractivity contribution is 0.588. The van der Waals surface area contributed by atoms with Crippen molar-refractivity contribution in [3.8, 4) is 0 Å². The number of hydrogen-bond donors (Lipinski definition) is 0. The molecule has 1 aromatic carbocycles. The van der Waals surface area contributed by atoms with E-state index >= 15 is 0 Å². The molecule has 2 aromatic heterocycles. The third kappa shape index (κ3) is 2.05. The molecule has 2 heterocycles. The second-order valence-corrected chi connectivity index (χ2v) is 7.18. The van der Waals surface area contributed by atoms with Crippen molar-refractivity contribution in [3.63, 3.8) is 0 Å². The smallest absolute Gasteiger partial charge is 0.236 e. The predicted octanol–water partition coefficient (Wildman–Crippen LogP) is 3.34. The maximum Gasteiger partial charge on any atom is 0.269 e. The van der Waals surface area contributed by atoms with Crippen molar-refractivity contribution in [1.82, 2.24) is 8.96 Å². The first-order valence-electron chi connectivity index (χ1n) is 5.94. The van der Waals surface area contributed by atoms with Gasteiger partial charge in [0.15, 0.2) is 5.65 Å². The summed E-state index contributed by atoms with van der Waals surface area (Å²) in [6.07, 6.45) is 3.20. The highest BCUT2D eigenvalue weighted by molar-refractivity contribution is 9.10. The highest BCUT2D eigenvalue weighted by Crippen LogP contribution is 2.26. The van der Waals surface area contributed by atoms with Crippen molar-refractivity contribution < 1.29 is 8.42 Å². The van der Waals surface area contributed by atoms with E-state index in [4.69, 9.17) is 0 Å². The lowest BCUT2D eigenvalue weighted by atomic mass is 10.2. The van der Waals surface area contributed by atoms with E-state index in [1.165, 1.54) is 3.97 Å². The second-order valence-electron chi connectivity index (χ2n) is 4.45. The number of rotatable bonds is 2. The number of fused-ring (bicyclic) bond motifs is 1. The SMILES string of the molecule is Cc1cn(S(=O)(=O)c2ccccc2)c2ncc(Br)cc12. The first kappa shape index (κ1) is 13.3. The van der Waals surface area contributed by atoms with Crippen LogP contribution in [0.1, 0.15) is 5.56 Å². The second kappa shape index (κ2) is 4.71. The number of aryl methyl sites for hydroxylation is 1. The Balaban J connectivity index is 2.31. The summed E-state index contributed by atoms with van der Waals surface area (Å²) >= 11 is 3.35. The van der Waals surface area contributed by atoms with Crippen molar-refractivity contribution in [1.29, 1.82) is 0 Å². The van der Waals surface area contributed by atoms with Crippen LogP contribution < -0.4 is 0 Å².